The Labute approximate surface area is 192 Å². The summed E-state index contributed by atoms with van der Waals surface area (Å²) in [5.41, 5.74) is 10.4. The molecule has 0 spiro atoms. The van der Waals surface area contributed by atoms with Crippen LogP contribution in [0.3, 0.4) is 0 Å². The number of nitrogens with two attached hydrogens (primary N) is 1. The molecule has 2 N–H and O–H groups in total. The fraction of sp³-hybridized carbons (Fsp3) is 0.276. The van der Waals surface area contributed by atoms with Gasteiger partial charge in [0.1, 0.15) is 0 Å². The number of allylic oxidation sites excluding steroid dienone is 1. The number of carbonyl (C=O) groups is 1. The molecule has 3 aromatic rings. The van der Waals surface area contributed by atoms with Crippen molar-refractivity contribution in [3.8, 4) is 0 Å². The molecule has 0 bridgehead atoms. The van der Waals surface area contributed by atoms with Gasteiger partial charge in [0.25, 0.3) is 0 Å². The van der Waals surface area contributed by atoms with Crippen molar-refractivity contribution < 1.29 is 4.79 Å². The number of hydrogen-bond acceptors (Lipinski definition) is 3. The van der Waals surface area contributed by atoms with Gasteiger partial charge < -0.3 is 5.73 Å². The summed E-state index contributed by atoms with van der Waals surface area (Å²) in [6.07, 6.45) is 5.14. The Morgan fingerprint density at radius 1 is 0.812 bits per heavy atom. The van der Waals surface area contributed by atoms with E-state index in [9.17, 15) is 4.79 Å². The molecule has 0 amide bonds. The van der Waals surface area contributed by atoms with Crippen molar-refractivity contribution in [2.24, 2.45) is 5.73 Å². The quantitative estimate of drug-likeness (QED) is 0.367. The van der Waals surface area contributed by atoms with E-state index in [4.69, 9.17) is 5.73 Å². The molecule has 0 aliphatic heterocycles. The first kappa shape index (κ1) is 23.5. The normalized spacial score (nSPS) is 12.6. The third kappa shape index (κ3) is 7.51. The fourth-order valence-corrected chi connectivity index (χ4v) is 3.89. The molecule has 0 fully saturated rings. The van der Waals surface area contributed by atoms with Crippen LogP contribution in [-0.2, 0) is 24.3 Å². The van der Waals surface area contributed by atoms with E-state index in [1.807, 2.05) is 54.6 Å². The van der Waals surface area contributed by atoms with E-state index in [1.165, 1.54) is 11.1 Å². The highest BCUT2D eigenvalue weighted by Crippen LogP contribution is 2.19. The molecule has 0 aliphatic carbocycles. The molecular weight excluding hydrogens is 392 g/mol. The van der Waals surface area contributed by atoms with Crippen LogP contribution in [0.15, 0.2) is 103 Å². The lowest BCUT2D eigenvalue weighted by molar-refractivity contribution is -0.120. The summed E-state index contributed by atoms with van der Waals surface area (Å²) >= 11 is 0. The largest absolute Gasteiger partial charge is 0.402 e. The molecule has 0 aromatic heterocycles. The molecule has 0 heterocycles. The van der Waals surface area contributed by atoms with Crippen LogP contribution in [0, 0.1) is 0 Å². The first-order valence-electron chi connectivity index (χ1n) is 11.5. The Balaban J connectivity index is 1.93. The van der Waals surface area contributed by atoms with Crippen LogP contribution in [-0.4, -0.2) is 16.7 Å². The van der Waals surface area contributed by atoms with Crippen molar-refractivity contribution >= 4 is 5.78 Å². The second-order valence-corrected chi connectivity index (χ2v) is 8.31. The van der Waals surface area contributed by atoms with Crippen molar-refractivity contribution in [1.29, 1.82) is 0 Å². The molecule has 0 saturated carbocycles. The highest BCUT2D eigenvalue weighted by atomic mass is 16.1. The standard InChI is InChI=1S/C29H34N2O/c1-2-3-19-27(30)21-29(32)28(20-24-13-7-4-8-14-24)31(22-25-15-9-5-10-16-25)23-26-17-11-6-12-18-26/h4-18,21,28H,2-3,19-20,22-23,30H2,1H3/b27-21-/t28-/m0/s1. The van der Waals surface area contributed by atoms with Crippen LogP contribution < -0.4 is 5.73 Å². The number of unbranched alkanes of at least 4 members (excludes halogenated alkanes) is 1. The second kappa shape index (κ2) is 12.6. The molecule has 166 valence electrons. The summed E-state index contributed by atoms with van der Waals surface area (Å²) in [7, 11) is 0. The number of ketones is 1. The predicted octanol–water partition coefficient (Wildman–Crippen LogP) is 5.90. The van der Waals surface area contributed by atoms with Crippen LogP contribution in [0.5, 0.6) is 0 Å². The zero-order valence-electron chi connectivity index (χ0n) is 19.0. The molecule has 0 radical (unpaired) electrons. The predicted molar refractivity (Wildman–Crippen MR) is 133 cm³/mol. The van der Waals surface area contributed by atoms with Gasteiger partial charge in [-0.25, -0.2) is 0 Å². The van der Waals surface area contributed by atoms with Crippen molar-refractivity contribution in [3.63, 3.8) is 0 Å². The number of benzene rings is 3. The lowest BCUT2D eigenvalue weighted by Crippen LogP contribution is -2.41. The van der Waals surface area contributed by atoms with Gasteiger partial charge in [-0.2, -0.15) is 0 Å². The Kier molecular flexibility index (Phi) is 9.27. The highest BCUT2D eigenvalue weighted by Gasteiger charge is 2.25. The van der Waals surface area contributed by atoms with Gasteiger partial charge >= 0.3 is 0 Å². The van der Waals surface area contributed by atoms with Gasteiger partial charge in [0.2, 0.25) is 0 Å². The molecule has 0 unspecified atom stereocenters. The van der Waals surface area contributed by atoms with Gasteiger partial charge in [-0.15, -0.1) is 0 Å². The Hall–Kier alpha value is -3.17. The molecule has 0 saturated heterocycles. The van der Waals surface area contributed by atoms with E-state index < -0.39 is 0 Å². The van der Waals surface area contributed by atoms with Crippen LogP contribution in [0.1, 0.15) is 42.9 Å². The average Bonchev–Trinajstić information content (AvgIpc) is 2.83. The molecule has 3 aromatic carbocycles. The van der Waals surface area contributed by atoms with Crippen molar-refractivity contribution in [3.05, 3.63) is 119 Å². The summed E-state index contributed by atoms with van der Waals surface area (Å²) < 4.78 is 0. The maximum Gasteiger partial charge on any atom is 0.174 e. The molecule has 3 nitrogen and oxygen atoms in total. The number of carbonyl (C=O) groups excluding carboxylic acids is 1. The fourth-order valence-electron chi connectivity index (χ4n) is 3.89. The van der Waals surface area contributed by atoms with E-state index >= 15 is 0 Å². The van der Waals surface area contributed by atoms with Crippen LogP contribution in [0.4, 0.5) is 0 Å². The zero-order chi connectivity index (χ0) is 22.6. The average molecular weight is 427 g/mol. The molecular formula is C29H34N2O. The molecule has 1 atom stereocenters. The van der Waals surface area contributed by atoms with Crippen LogP contribution in [0.25, 0.3) is 0 Å². The van der Waals surface area contributed by atoms with E-state index in [1.54, 1.807) is 6.08 Å². The number of hydrogen-bond donors (Lipinski definition) is 1. The van der Waals surface area contributed by atoms with Gasteiger partial charge in [0.15, 0.2) is 5.78 Å². The molecule has 3 heteroatoms. The smallest absolute Gasteiger partial charge is 0.174 e. The van der Waals surface area contributed by atoms with Gasteiger partial charge in [-0.1, -0.05) is 104 Å². The SMILES string of the molecule is CCCC/C(N)=C/C(=O)[C@H](Cc1ccccc1)N(Cc1ccccc1)Cc1ccccc1. The summed E-state index contributed by atoms with van der Waals surface area (Å²) in [6.45, 7) is 3.53. The minimum atomic E-state index is -0.294. The van der Waals surface area contributed by atoms with Crippen molar-refractivity contribution in [2.75, 3.05) is 0 Å². The summed E-state index contributed by atoms with van der Waals surface area (Å²) in [5, 5.41) is 0. The number of nitrogens with zero attached hydrogens (tertiary/aromatic N) is 1. The van der Waals surface area contributed by atoms with Gasteiger partial charge in [-0.05, 0) is 36.0 Å². The first-order valence-corrected chi connectivity index (χ1v) is 11.5. The zero-order valence-corrected chi connectivity index (χ0v) is 19.0. The monoisotopic (exact) mass is 426 g/mol. The van der Waals surface area contributed by atoms with Crippen molar-refractivity contribution in [2.45, 2.75) is 51.7 Å². The number of rotatable bonds is 12. The van der Waals surface area contributed by atoms with Crippen LogP contribution in [0.2, 0.25) is 0 Å². The topological polar surface area (TPSA) is 46.3 Å². The minimum Gasteiger partial charge on any atom is -0.402 e. The van der Waals surface area contributed by atoms with E-state index in [2.05, 4.69) is 48.2 Å². The van der Waals surface area contributed by atoms with Gasteiger partial charge in [-0.3, -0.25) is 9.69 Å². The lowest BCUT2D eigenvalue weighted by Gasteiger charge is -2.31. The van der Waals surface area contributed by atoms with E-state index in [0.717, 1.165) is 24.8 Å². The lowest BCUT2D eigenvalue weighted by atomic mass is 9.98. The summed E-state index contributed by atoms with van der Waals surface area (Å²) in [4.78, 5) is 15.8. The Morgan fingerprint density at radius 2 is 1.28 bits per heavy atom. The summed E-state index contributed by atoms with van der Waals surface area (Å²) in [5.74, 6) is 0.0781. The third-order valence-electron chi connectivity index (χ3n) is 5.64. The Bertz CT molecular complexity index is 926. The third-order valence-corrected chi connectivity index (χ3v) is 5.64. The summed E-state index contributed by atoms with van der Waals surface area (Å²) in [6, 6.07) is 30.7. The maximum absolute atomic E-state index is 13.5. The highest BCUT2D eigenvalue weighted by molar-refractivity contribution is 5.95. The molecule has 32 heavy (non-hydrogen) atoms. The van der Waals surface area contributed by atoms with Crippen molar-refractivity contribution in [1.82, 2.24) is 4.90 Å². The first-order chi connectivity index (χ1) is 15.7. The Morgan fingerprint density at radius 3 is 1.75 bits per heavy atom. The molecule has 0 aliphatic rings. The van der Waals surface area contributed by atoms with E-state index in [-0.39, 0.29) is 11.8 Å². The van der Waals surface area contributed by atoms with Gasteiger partial charge in [0, 0.05) is 24.9 Å². The molecule has 3 rings (SSSR count). The van der Waals surface area contributed by atoms with Crippen LogP contribution >= 0.6 is 0 Å². The maximum atomic E-state index is 13.5. The second-order valence-electron chi connectivity index (χ2n) is 8.31. The van der Waals surface area contributed by atoms with Gasteiger partial charge in [0.05, 0.1) is 6.04 Å². The minimum absolute atomic E-state index is 0.0781. The van der Waals surface area contributed by atoms with E-state index in [0.29, 0.717) is 25.2 Å².